The van der Waals surface area contributed by atoms with E-state index in [2.05, 4.69) is 4.74 Å². The largest absolute Gasteiger partial charge is 0.465 e. The summed E-state index contributed by atoms with van der Waals surface area (Å²) in [6.45, 7) is 0.215. The van der Waals surface area contributed by atoms with E-state index in [1.54, 1.807) is 12.1 Å². The van der Waals surface area contributed by atoms with Gasteiger partial charge >= 0.3 is 12.1 Å². The number of para-hydroxylation sites is 1. The van der Waals surface area contributed by atoms with E-state index in [1.807, 2.05) is 0 Å². The van der Waals surface area contributed by atoms with Crippen LogP contribution in [0.25, 0.3) is 0 Å². The van der Waals surface area contributed by atoms with Gasteiger partial charge in [0, 0.05) is 18.2 Å². The molecule has 1 aliphatic rings. The fourth-order valence-electron chi connectivity index (χ4n) is 3.22. The van der Waals surface area contributed by atoms with Crippen LogP contribution in [-0.2, 0) is 16.1 Å². The number of esters is 1. The number of hydrogen-bond acceptors (Lipinski definition) is 5. The Kier molecular flexibility index (Phi) is 6.94. The molecule has 0 spiro atoms. The van der Waals surface area contributed by atoms with Gasteiger partial charge in [0.15, 0.2) is 11.6 Å². The number of carbonyl (C=O) groups is 2. The van der Waals surface area contributed by atoms with Crippen LogP contribution in [0.4, 0.5) is 18.0 Å². The summed E-state index contributed by atoms with van der Waals surface area (Å²) in [6.07, 6.45) is 0.687. The van der Waals surface area contributed by atoms with Gasteiger partial charge in [0.05, 0.1) is 26.4 Å². The summed E-state index contributed by atoms with van der Waals surface area (Å²) in [5.74, 6) is -3.90. The summed E-state index contributed by atoms with van der Waals surface area (Å²) >= 11 is 0. The fourth-order valence-corrected chi connectivity index (χ4v) is 3.22. The molecule has 1 unspecified atom stereocenters. The molecule has 6 nitrogen and oxygen atoms in total. The number of methoxy groups -OCH3 is 1. The molecule has 0 aromatic heterocycles. The predicted molar refractivity (Wildman–Crippen MR) is 99.5 cm³/mol. The van der Waals surface area contributed by atoms with Crippen molar-refractivity contribution < 1.29 is 37.0 Å². The van der Waals surface area contributed by atoms with Crippen LogP contribution in [0.2, 0.25) is 0 Å². The van der Waals surface area contributed by atoms with Crippen LogP contribution in [0, 0.1) is 17.5 Å². The highest BCUT2D eigenvalue weighted by Gasteiger charge is 2.31. The van der Waals surface area contributed by atoms with Gasteiger partial charge in [-0.1, -0.05) is 12.1 Å². The number of ether oxygens (including phenoxy) is 3. The van der Waals surface area contributed by atoms with Crippen molar-refractivity contribution in [1.29, 1.82) is 0 Å². The number of carbonyl (C=O) groups excluding carboxylic acids is 2. The second-order valence-electron chi connectivity index (χ2n) is 6.72. The summed E-state index contributed by atoms with van der Waals surface area (Å²) in [7, 11) is 1.23. The van der Waals surface area contributed by atoms with Crippen LogP contribution in [0.15, 0.2) is 36.4 Å². The van der Waals surface area contributed by atoms with Crippen LogP contribution >= 0.6 is 0 Å². The van der Waals surface area contributed by atoms with Crippen LogP contribution in [-0.4, -0.2) is 43.3 Å². The van der Waals surface area contributed by atoms with E-state index in [0.717, 1.165) is 6.07 Å². The van der Waals surface area contributed by atoms with Gasteiger partial charge in [-0.15, -0.1) is 0 Å². The van der Waals surface area contributed by atoms with Crippen molar-refractivity contribution >= 4 is 12.1 Å². The third-order valence-corrected chi connectivity index (χ3v) is 4.76. The van der Waals surface area contributed by atoms with E-state index in [-0.39, 0.29) is 36.1 Å². The zero-order chi connectivity index (χ0) is 21.7. The van der Waals surface area contributed by atoms with Crippen LogP contribution in [0.5, 0.6) is 5.75 Å². The minimum Gasteiger partial charge on any atom is -0.465 e. The van der Waals surface area contributed by atoms with E-state index >= 15 is 0 Å². The van der Waals surface area contributed by atoms with Crippen molar-refractivity contribution in [2.45, 2.75) is 25.5 Å². The van der Waals surface area contributed by atoms with Gasteiger partial charge in [-0.3, -0.25) is 0 Å². The molecule has 2 aromatic rings. The molecule has 0 saturated carbocycles. The highest BCUT2D eigenvalue weighted by Crippen LogP contribution is 2.24. The first-order chi connectivity index (χ1) is 14.4. The van der Waals surface area contributed by atoms with E-state index < -0.39 is 29.5 Å². The average molecular weight is 423 g/mol. The second kappa shape index (κ2) is 9.62. The molecule has 1 fully saturated rings. The first-order valence-corrected chi connectivity index (χ1v) is 9.27. The van der Waals surface area contributed by atoms with Gasteiger partial charge in [-0.2, -0.15) is 0 Å². The minimum atomic E-state index is -1.27. The molecule has 0 N–H and O–H groups in total. The van der Waals surface area contributed by atoms with Gasteiger partial charge < -0.3 is 19.1 Å². The van der Waals surface area contributed by atoms with Crippen LogP contribution in [0.1, 0.15) is 28.8 Å². The third kappa shape index (κ3) is 4.91. The lowest BCUT2D eigenvalue weighted by Gasteiger charge is -2.24. The molecule has 1 amide bonds. The Morgan fingerprint density at radius 1 is 1.10 bits per heavy atom. The first-order valence-electron chi connectivity index (χ1n) is 9.27. The molecule has 1 heterocycles. The molecular weight excluding hydrogens is 403 g/mol. The quantitative estimate of drug-likeness (QED) is 0.518. The normalized spacial score (nSPS) is 15.9. The average Bonchev–Trinajstić information content (AvgIpc) is 3.20. The fraction of sp³-hybridized carbons (Fsp3) is 0.333. The smallest absolute Gasteiger partial charge is 0.415 e. The maximum atomic E-state index is 13.7. The van der Waals surface area contributed by atoms with Crippen molar-refractivity contribution in [3.63, 3.8) is 0 Å². The number of likely N-dealkylation sites (tertiary alicyclic amines) is 1. The molecule has 0 bridgehead atoms. The van der Waals surface area contributed by atoms with Crippen molar-refractivity contribution in [2.75, 3.05) is 20.3 Å². The molecule has 1 saturated heterocycles. The van der Waals surface area contributed by atoms with E-state index in [0.29, 0.717) is 25.5 Å². The topological polar surface area (TPSA) is 65.1 Å². The second-order valence-corrected chi connectivity index (χ2v) is 6.72. The summed E-state index contributed by atoms with van der Waals surface area (Å²) < 4.78 is 55.5. The lowest BCUT2D eigenvalue weighted by Crippen LogP contribution is -2.40. The third-order valence-electron chi connectivity index (χ3n) is 4.76. The monoisotopic (exact) mass is 423 g/mol. The van der Waals surface area contributed by atoms with Gasteiger partial charge in [0.1, 0.15) is 17.1 Å². The zero-order valence-electron chi connectivity index (χ0n) is 16.2. The van der Waals surface area contributed by atoms with Gasteiger partial charge in [-0.05, 0) is 31.0 Å². The summed E-state index contributed by atoms with van der Waals surface area (Å²) in [5.41, 5.74) is 0.00203. The van der Waals surface area contributed by atoms with E-state index in [1.165, 1.54) is 24.1 Å². The molecule has 3 rings (SSSR count). The maximum absolute atomic E-state index is 13.7. The van der Waals surface area contributed by atoms with Gasteiger partial charge in [-0.25, -0.2) is 22.8 Å². The zero-order valence-corrected chi connectivity index (χ0v) is 16.2. The summed E-state index contributed by atoms with van der Waals surface area (Å²) in [4.78, 5) is 25.9. The minimum absolute atomic E-state index is 0.0617. The Hall–Kier alpha value is -3.07. The Morgan fingerprint density at radius 3 is 2.60 bits per heavy atom. The number of hydrogen-bond donors (Lipinski definition) is 0. The van der Waals surface area contributed by atoms with Crippen molar-refractivity contribution in [3.05, 3.63) is 65.0 Å². The molecule has 9 heteroatoms. The molecule has 160 valence electrons. The van der Waals surface area contributed by atoms with E-state index in [9.17, 15) is 22.8 Å². The van der Waals surface area contributed by atoms with E-state index in [4.69, 9.17) is 9.47 Å². The molecule has 0 aliphatic carbocycles. The van der Waals surface area contributed by atoms with Crippen molar-refractivity contribution in [2.24, 2.45) is 0 Å². The Bertz CT molecular complexity index is 937. The number of amides is 1. The Labute approximate surface area is 171 Å². The molecule has 1 atom stereocenters. The SMILES string of the molecule is COC(=O)c1ccccc1OC(=O)N1CCCC1COCc1cc(F)c(F)cc1F. The standard InChI is InChI=1S/C21H20F3NO5/c1-28-20(26)15-6-2-3-7-19(15)30-21(27)25-8-4-5-14(25)12-29-11-13-9-17(23)18(24)10-16(13)22/h2-3,6-7,9-10,14H,4-5,8,11-12H2,1H3. The summed E-state index contributed by atoms with van der Waals surface area (Å²) in [5, 5.41) is 0. The Balaban J connectivity index is 1.60. The Morgan fingerprint density at radius 2 is 1.83 bits per heavy atom. The molecule has 0 radical (unpaired) electrons. The molecule has 2 aromatic carbocycles. The molecular formula is C21H20F3NO5. The van der Waals surface area contributed by atoms with Crippen LogP contribution in [0.3, 0.4) is 0 Å². The predicted octanol–water partition coefficient (Wildman–Crippen LogP) is 4.07. The number of nitrogens with zero attached hydrogens (tertiary/aromatic N) is 1. The maximum Gasteiger partial charge on any atom is 0.415 e. The number of halogens is 3. The summed E-state index contributed by atoms with van der Waals surface area (Å²) in [6, 6.07) is 7.08. The number of rotatable bonds is 6. The highest BCUT2D eigenvalue weighted by atomic mass is 19.2. The van der Waals surface area contributed by atoms with Gasteiger partial charge in [0.25, 0.3) is 0 Å². The van der Waals surface area contributed by atoms with Gasteiger partial charge in [0.2, 0.25) is 0 Å². The lowest BCUT2D eigenvalue weighted by atomic mass is 10.2. The lowest BCUT2D eigenvalue weighted by molar-refractivity contribution is 0.0588. The molecule has 30 heavy (non-hydrogen) atoms. The van der Waals surface area contributed by atoms with Crippen molar-refractivity contribution in [3.8, 4) is 5.75 Å². The van der Waals surface area contributed by atoms with Crippen molar-refractivity contribution in [1.82, 2.24) is 4.90 Å². The van der Waals surface area contributed by atoms with Crippen LogP contribution < -0.4 is 4.74 Å². The first kappa shape index (κ1) is 21.6. The number of benzene rings is 2. The molecule has 1 aliphatic heterocycles. The highest BCUT2D eigenvalue weighted by molar-refractivity contribution is 5.93.